The summed E-state index contributed by atoms with van der Waals surface area (Å²) in [5, 5.41) is 15.4. The van der Waals surface area contributed by atoms with E-state index < -0.39 is 5.60 Å². The van der Waals surface area contributed by atoms with Crippen LogP contribution in [0, 0.1) is 17.3 Å². The fraction of sp³-hybridized carbons (Fsp3) is 0.619. The maximum Gasteiger partial charge on any atom is 0.225 e. The van der Waals surface area contributed by atoms with Crippen LogP contribution in [0.2, 0.25) is 0 Å². The van der Waals surface area contributed by atoms with Crippen molar-refractivity contribution >= 4 is 16.8 Å². The van der Waals surface area contributed by atoms with Gasteiger partial charge in [0.15, 0.2) is 0 Å². The highest BCUT2D eigenvalue weighted by molar-refractivity contribution is 5.82. The second-order valence-corrected chi connectivity index (χ2v) is 9.40. The number of para-hydroxylation sites is 1. The van der Waals surface area contributed by atoms with Gasteiger partial charge in [0.05, 0.1) is 17.3 Å². The second-order valence-electron chi connectivity index (χ2n) is 9.40. The van der Waals surface area contributed by atoms with E-state index in [4.69, 9.17) is 0 Å². The summed E-state index contributed by atoms with van der Waals surface area (Å²) in [4.78, 5) is 14.5. The van der Waals surface area contributed by atoms with E-state index in [0.29, 0.717) is 18.3 Å². The lowest BCUT2D eigenvalue weighted by Gasteiger charge is -2.60. The van der Waals surface area contributed by atoms with Crippen LogP contribution >= 0.6 is 0 Å². The molecule has 3 fully saturated rings. The summed E-state index contributed by atoms with van der Waals surface area (Å²) in [6, 6.07) is 6.49. The van der Waals surface area contributed by atoms with Crippen LogP contribution in [0.1, 0.15) is 38.2 Å². The quantitative estimate of drug-likeness (QED) is 0.922. The Hall–Kier alpha value is -1.88. The van der Waals surface area contributed by atoms with E-state index in [1.54, 1.807) is 0 Å². The molecule has 1 aliphatic heterocycles. The maximum atomic E-state index is 12.5. The molecule has 0 radical (unpaired) electrons. The number of carbonyl (C=O) groups excluding carboxylic acids is 1. The van der Waals surface area contributed by atoms with Gasteiger partial charge in [0.2, 0.25) is 5.91 Å². The summed E-state index contributed by atoms with van der Waals surface area (Å²) in [5.41, 5.74) is 2.42. The number of aromatic nitrogens is 2. The number of hydrogen-bond donors (Lipinski definition) is 1. The summed E-state index contributed by atoms with van der Waals surface area (Å²) < 4.78 is 1.98. The van der Waals surface area contributed by atoms with Crippen LogP contribution in [0.15, 0.2) is 24.4 Å². The topological polar surface area (TPSA) is 58.4 Å². The van der Waals surface area contributed by atoms with Crippen molar-refractivity contribution in [2.45, 2.75) is 44.6 Å². The lowest BCUT2D eigenvalue weighted by Crippen LogP contribution is -2.66. The van der Waals surface area contributed by atoms with Crippen molar-refractivity contribution in [3.05, 3.63) is 30.0 Å². The third-order valence-corrected chi connectivity index (χ3v) is 6.88. The molecule has 1 amide bonds. The number of fused-ring (bicyclic) bond motifs is 1. The smallest absolute Gasteiger partial charge is 0.225 e. The lowest BCUT2D eigenvalue weighted by molar-refractivity contribution is -0.171. The van der Waals surface area contributed by atoms with E-state index in [2.05, 4.69) is 23.3 Å². The molecule has 0 atom stereocenters. The molecule has 2 aromatic rings. The first-order chi connectivity index (χ1) is 12.3. The Balaban J connectivity index is 1.16. The Morgan fingerprint density at radius 2 is 2.00 bits per heavy atom. The van der Waals surface area contributed by atoms with Gasteiger partial charge in [-0.3, -0.25) is 9.48 Å². The van der Waals surface area contributed by atoms with Gasteiger partial charge >= 0.3 is 0 Å². The molecule has 1 aromatic carbocycles. The number of rotatable bonds is 3. The third-order valence-electron chi connectivity index (χ3n) is 6.88. The predicted octanol–water partition coefficient (Wildman–Crippen LogP) is 2.52. The molecule has 3 aliphatic rings. The molecule has 5 nitrogen and oxygen atoms in total. The van der Waals surface area contributed by atoms with Gasteiger partial charge < -0.3 is 10.0 Å². The molecule has 5 heteroatoms. The molecule has 2 heterocycles. The number of aryl methyl sites for hydroxylation is 1. The average Bonchev–Trinajstić information content (AvgIpc) is 2.87. The summed E-state index contributed by atoms with van der Waals surface area (Å²) >= 11 is 0. The zero-order valence-electron chi connectivity index (χ0n) is 15.6. The number of hydrogen-bond acceptors (Lipinski definition) is 3. The summed E-state index contributed by atoms with van der Waals surface area (Å²) in [7, 11) is 2.02. The third kappa shape index (κ3) is 2.48. The molecule has 2 saturated carbocycles. The van der Waals surface area contributed by atoms with Crippen molar-refractivity contribution in [2.24, 2.45) is 24.3 Å². The van der Waals surface area contributed by atoms with Crippen LogP contribution in [-0.4, -0.2) is 44.4 Å². The van der Waals surface area contributed by atoms with Crippen LogP contribution < -0.4 is 0 Å². The van der Waals surface area contributed by atoms with E-state index in [-0.39, 0.29) is 11.8 Å². The molecule has 138 valence electrons. The number of carbonyl (C=O) groups is 1. The Bertz CT molecular complexity index is 863. The van der Waals surface area contributed by atoms with Gasteiger partial charge in [-0.1, -0.05) is 18.2 Å². The largest absolute Gasteiger partial charge is 0.390 e. The summed E-state index contributed by atoms with van der Waals surface area (Å²) in [6.07, 6.45) is 6.77. The molecular weight excluding hydrogens is 326 g/mol. The zero-order chi connectivity index (χ0) is 18.1. The first-order valence-corrected chi connectivity index (χ1v) is 9.75. The van der Waals surface area contributed by atoms with Gasteiger partial charge in [0, 0.05) is 36.9 Å². The van der Waals surface area contributed by atoms with Crippen LogP contribution in [0.3, 0.4) is 0 Å². The van der Waals surface area contributed by atoms with Crippen molar-refractivity contribution < 1.29 is 9.90 Å². The molecule has 1 spiro atoms. The molecular formula is C21H27N3O2. The molecule has 26 heavy (non-hydrogen) atoms. The van der Waals surface area contributed by atoms with E-state index in [1.165, 1.54) is 29.3 Å². The summed E-state index contributed by atoms with van der Waals surface area (Å²) in [6.45, 7) is 3.68. The van der Waals surface area contributed by atoms with Crippen molar-refractivity contribution in [2.75, 3.05) is 13.1 Å². The normalized spacial score (nSPS) is 30.1. The second kappa shape index (κ2) is 5.32. The highest BCUT2D eigenvalue weighted by Crippen LogP contribution is 2.54. The van der Waals surface area contributed by atoms with Gasteiger partial charge in [-0.25, -0.2) is 0 Å². The monoisotopic (exact) mass is 353 g/mol. The SMILES string of the molecule is Cn1ncc2cccc(CC3CC4(C3)CN(C(=O)[C@H]3C[C@@](C)(O)C3)C4)c21. The number of nitrogens with zero attached hydrogens (tertiary/aromatic N) is 3. The van der Waals surface area contributed by atoms with E-state index >= 15 is 0 Å². The Kier molecular flexibility index (Phi) is 3.34. The average molecular weight is 353 g/mol. The van der Waals surface area contributed by atoms with Crippen molar-refractivity contribution in [3.63, 3.8) is 0 Å². The zero-order valence-corrected chi connectivity index (χ0v) is 15.6. The standard InChI is InChI=1S/C21H27N3O2/c1-20(26)9-17(10-20)19(25)24-12-21(13-24)7-14(8-21)6-15-4-3-5-16-11-22-23(2)18(15)16/h3-5,11,14,17,26H,6-10,12-13H2,1-2H3/t17-,20+. The molecule has 0 unspecified atom stereocenters. The molecule has 1 aromatic heterocycles. The minimum absolute atomic E-state index is 0.0562. The lowest BCUT2D eigenvalue weighted by atomic mass is 9.56. The molecule has 2 aliphatic carbocycles. The van der Waals surface area contributed by atoms with E-state index in [1.807, 2.05) is 29.7 Å². The minimum Gasteiger partial charge on any atom is -0.390 e. The van der Waals surface area contributed by atoms with Gasteiger partial charge in [0.1, 0.15) is 0 Å². The van der Waals surface area contributed by atoms with Crippen LogP contribution in [0.5, 0.6) is 0 Å². The van der Waals surface area contributed by atoms with Gasteiger partial charge in [0.25, 0.3) is 0 Å². The number of aliphatic hydroxyl groups is 1. The number of amides is 1. The van der Waals surface area contributed by atoms with Crippen molar-refractivity contribution in [3.8, 4) is 0 Å². The van der Waals surface area contributed by atoms with Crippen molar-refractivity contribution in [1.29, 1.82) is 0 Å². The predicted molar refractivity (Wildman–Crippen MR) is 99.5 cm³/mol. The minimum atomic E-state index is -0.614. The van der Waals surface area contributed by atoms with Gasteiger partial charge in [-0.15, -0.1) is 0 Å². The van der Waals surface area contributed by atoms with Crippen LogP contribution in [-0.2, 0) is 18.3 Å². The highest BCUT2D eigenvalue weighted by Gasteiger charge is 2.55. The first-order valence-electron chi connectivity index (χ1n) is 9.75. The molecule has 0 bridgehead atoms. The first kappa shape index (κ1) is 16.3. The number of likely N-dealkylation sites (tertiary alicyclic amines) is 1. The maximum absolute atomic E-state index is 12.5. The van der Waals surface area contributed by atoms with Gasteiger partial charge in [-0.05, 0) is 50.5 Å². The molecule has 1 N–H and O–H groups in total. The Morgan fingerprint density at radius 1 is 1.27 bits per heavy atom. The summed E-state index contributed by atoms with van der Waals surface area (Å²) in [5.74, 6) is 1.04. The van der Waals surface area contributed by atoms with Crippen LogP contribution in [0.25, 0.3) is 10.9 Å². The van der Waals surface area contributed by atoms with Gasteiger partial charge in [-0.2, -0.15) is 5.10 Å². The van der Waals surface area contributed by atoms with E-state index in [9.17, 15) is 9.90 Å². The van der Waals surface area contributed by atoms with E-state index in [0.717, 1.165) is 25.4 Å². The fourth-order valence-electron chi connectivity index (χ4n) is 5.71. The molecule has 1 saturated heterocycles. The highest BCUT2D eigenvalue weighted by atomic mass is 16.3. The van der Waals surface area contributed by atoms with Crippen molar-refractivity contribution in [1.82, 2.24) is 14.7 Å². The van der Waals surface area contributed by atoms with Crippen LogP contribution in [0.4, 0.5) is 0 Å². The Labute approximate surface area is 154 Å². The fourth-order valence-corrected chi connectivity index (χ4v) is 5.71. The molecule has 5 rings (SSSR count). The number of benzene rings is 1. The Morgan fingerprint density at radius 3 is 2.69 bits per heavy atom.